The van der Waals surface area contributed by atoms with Crippen LogP contribution in [0.25, 0.3) is 11.0 Å². The number of nitrogens with one attached hydrogen (secondary N) is 1. The fourth-order valence-electron chi connectivity index (χ4n) is 2.97. The third kappa shape index (κ3) is 3.32. The molecule has 0 radical (unpaired) electrons. The number of fused-ring (bicyclic) bond motifs is 1. The van der Waals surface area contributed by atoms with Crippen LogP contribution >= 0.6 is 11.8 Å². The lowest BCUT2D eigenvalue weighted by Gasteiger charge is -2.11. The van der Waals surface area contributed by atoms with Crippen LogP contribution in [0.15, 0.2) is 63.1 Å². The molecule has 1 N–H and O–H groups in total. The number of rotatable bonds is 5. The molecule has 3 heterocycles. The Bertz CT molecular complexity index is 1110. The normalized spacial score (nSPS) is 11.3. The molecule has 5 nitrogen and oxygen atoms in total. The number of aromatic nitrogens is 3. The fourth-order valence-corrected chi connectivity index (χ4v) is 3.91. The second-order valence-corrected chi connectivity index (χ2v) is 7.30. The zero-order valence-corrected chi connectivity index (χ0v) is 15.5. The van der Waals surface area contributed by atoms with E-state index in [0.717, 1.165) is 17.2 Å². The zero-order chi connectivity index (χ0) is 18.1. The van der Waals surface area contributed by atoms with Crippen molar-refractivity contribution in [2.24, 2.45) is 0 Å². The van der Waals surface area contributed by atoms with E-state index in [1.807, 2.05) is 31.2 Å². The Kier molecular flexibility index (Phi) is 4.42. The Labute approximate surface area is 155 Å². The molecule has 6 heteroatoms. The van der Waals surface area contributed by atoms with Crippen LogP contribution in [0, 0.1) is 13.8 Å². The maximum absolute atomic E-state index is 13.0. The van der Waals surface area contributed by atoms with Crippen molar-refractivity contribution in [1.29, 1.82) is 0 Å². The van der Waals surface area contributed by atoms with E-state index in [0.29, 0.717) is 22.7 Å². The van der Waals surface area contributed by atoms with Crippen LogP contribution in [0.2, 0.25) is 0 Å². The molecular formula is C20H19N3O2S. The highest BCUT2D eigenvalue weighted by Gasteiger charge is 2.15. The number of aryl methyl sites for hydroxylation is 2. The number of nitrogens with zero attached hydrogens (tertiary/aromatic N) is 2. The smallest absolute Gasteiger partial charge is 0.278 e. The Morgan fingerprint density at radius 3 is 2.85 bits per heavy atom. The molecule has 0 aliphatic heterocycles. The number of hydrogen-bond acceptors (Lipinski definition) is 4. The van der Waals surface area contributed by atoms with Crippen LogP contribution in [0.5, 0.6) is 0 Å². The second kappa shape index (κ2) is 6.88. The average molecular weight is 365 g/mol. The number of hydrogen-bond donors (Lipinski definition) is 1. The van der Waals surface area contributed by atoms with Crippen LogP contribution in [0.1, 0.15) is 22.6 Å². The monoisotopic (exact) mass is 365 g/mol. The van der Waals surface area contributed by atoms with Crippen molar-refractivity contribution in [2.75, 3.05) is 0 Å². The van der Waals surface area contributed by atoms with E-state index in [4.69, 9.17) is 9.40 Å². The summed E-state index contributed by atoms with van der Waals surface area (Å²) in [6.45, 7) is 4.37. The highest BCUT2D eigenvalue weighted by Crippen LogP contribution is 2.23. The molecule has 0 saturated carbocycles. The molecule has 3 aromatic heterocycles. The first-order chi connectivity index (χ1) is 12.6. The SMILES string of the molecule is Cc1cccc(CSc2nc3cc(C)[nH]c3c(=O)n2Cc2ccco2)c1. The van der Waals surface area contributed by atoms with Crippen LogP contribution in [-0.2, 0) is 12.3 Å². The molecular weight excluding hydrogens is 346 g/mol. The molecule has 0 spiro atoms. The van der Waals surface area contributed by atoms with Crippen LogP contribution < -0.4 is 5.56 Å². The predicted molar refractivity (Wildman–Crippen MR) is 104 cm³/mol. The van der Waals surface area contributed by atoms with Gasteiger partial charge in [0.25, 0.3) is 5.56 Å². The van der Waals surface area contributed by atoms with E-state index in [2.05, 4.69) is 30.1 Å². The van der Waals surface area contributed by atoms with Crippen LogP contribution in [0.4, 0.5) is 0 Å². The predicted octanol–water partition coefficient (Wildman–Crippen LogP) is 4.28. The summed E-state index contributed by atoms with van der Waals surface area (Å²) in [4.78, 5) is 20.8. The third-order valence-electron chi connectivity index (χ3n) is 4.18. The van der Waals surface area contributed by atoms with Gasteiger partial charge in [-0.1, -0.05) is 41.6 Å². The molecule has 0 amide bonds. The van der Waals surface area contributed by atoms with Crippen molar-refractivity contribution in [3.8, 4) is 0 Å². The molecule has 4 rings (SSSR count). The lowest BCUT2D eigenvalue weighted by atomic mass is 10.2. The quantitative estimate of drug-likeness (QED) is 0.424. The summed E-state index contributed by atoms with van der Waals surface area (Å²) >= 11 is 1.57. The van der Waals surface area contributed by atoms with Gasteiger partial charge in [-0.05, 0) is 37.6 Å². The molecule has 0 aliphatic rings. The maximum Gasteiger partial charge on any atom is 0.278 e. The highest BCUT2D eigenvalue weighted by molar-refractivity contribution is 7.98. The minimum absolute atomic E-state index is 0.0776. The summed E-state index contributed by atoms with van der Waals surface area (Å²) in [7, 11) is 0. The largest absolute Gasteiger partial charge is 0.467 e. The van der Waals surface area contributed by atoms with E-state index in [-0.39, 0.29) is 5.56 Å². The van der Waals surface area contributed by atoms with Crippen molar-refractivity contribution in [3.05, 3.63) is 81.7 Å². The lowest BCUT2D eigenvalue weighted by molar-refractivity contribution is 0.476. The second-order valence-electron chi connectivity index (χ2n) is 6.36. The molecule has 0 atom stereocenters. The van der Waals surface area contributed by atoms with Gasteiger partial charge in [-0.3, -0.25) is 9.36 Å². The van der Waals surface area contributed by atoms with E-state index in [9.17, 15) is 4.79 Å². The van der Waals surface area contributed by atoms with Gasteiger partial charge in [0.1, 0.15) is 11.3 Å². The Balaban J connectivity index is 1.74. The minimum atomic E-state index is -0.0776. The van der Waals surface area contributed by atoms with E-state index < -0.39 is 0 Å². The lowest BCUT2D eigenvalue weighted by Crippen LogP contribution is -2.23. The summed E-state index contributed by atoms with van der Waals surface area (Å²) in [6, 6.07) is 14.0. The molecule has 132 valence electrons. The molecule has 0 saturated heterocycles. The van der Waals surface area contributed by atoms with Crippen molar-refractivity contribution in [3.63, 3.8) is 0 Å². The summed E-state index contributed by atoms with van der Waals surface area (Å²) in [6.07, 6.45) is 1.62. The van der Waals surface area contributed by atoms with E-state index >= 15 is 0 Å². The molecule has 4 aromatic rings. The van der Waals surface area contributed by atoms with Gasteiger partial charge in [0.05, 0.1) is 18.3 Å². The average Bonchev–Trinajstić information content (AvgIpc) is 3.25. The minimum Gasteiger partial charge on any atom is -0.467 e. The van der Waals surface area contributed by atoms with E-state index in [1.165, 1.54) is 11.1 Å². The topological polar surface area (TPSA) is 63.8 Å². The van der Waals surface area contributed by atoms with Crippen LogP contribution in [0.3, 0.4) is 0 Å². The fraction of sp³-hybridized carbons (Fsp3) is 0.200. The molecule has 26 heavy (non-hydrogen) atoms. The van der Waals surface area contributed by atoms with Crippen molar-refractivity contribution >= 4 is 22.8 Å². The van der Waals surface area contributed by atoms with E-state index in [1.54, 1.807) is 22.6 Å². The molecule has 0 unspecified atom stereocenters. The summed E-state index contributed by atoms with van der Waals surface area (Å²) in [5.74, 6) is 1.48. The Morgan fingerprint density at radius 1 is 1.19 bits per heavy atom. The first-order valence-electron chi connectivity index (χ1n) is 8.41. The van der Waals surface area contributed by atoms with Crippen molar-refractivity contribution in [2.45, 2.75) is 31.3 Å². The Hall–Kier alpha value is -2.73. The first-order valence-corrected chi connectivity index (χ1v) is 9.39. The van der Waals surface area contributed by atoms with Gasteiger partial charge in [-0.25, -0.2) is 4.98 Å². The molecule has 1 aromatic carbocycles. The van der Waals surface area contributed by atoms with Gasteiger partial charge < -0.3 is 9.40 Å². The summed E-state index contributed by atoms with van der Waals surface area (Å²) < 4.78 is 7.11. The molecule has 0 aliphatic carbocycles. The van der Waals surface area contributed by atoms with Gasteiger partial charge in [0.2, 0.25) is 0 Å². The van der Waals surface area contributed by atoms with Gasteiger partial charge >= 0.3 is 0 Å². The number of thioether (sulfide) groups is 1. The third-order valence-corrected chi connectivity index (χ3v) is 5.23. The van der Waals surface area contributed by atoms with Crippen molar-refractivity contribution in [1.82, 2.24) is 14.5 Å². The standard InChI is InChI=1S/C20H19N3O2S/c1-13-5-3-6-15(9-13)12-26-20-22-17-10-14(2)21-18(17)19(24)23(20)11-16-7-4-8-25-16/h3-10,21H,11-12H2,1-2H3. The maximum atomic E-state index is 13.0. The number of aromatic amines is 1. The van der Waals surface area contributed by atoms with Gasteiger partial charge in [0, 0.05) is 11.4 Å². The summed E-state index contributed by atoms with van der Waals surface area (Å²) in [5, 5.41) is 0.694. The summed E-state index contributed by atoms with van der Waals surface area (Å²) in [5.41, 5.74) is 4.52. The highest BCUT2D eigenvalue weighted by atomic mass is 32.2. The van der Waals surface area contributed by atoms with Gasteiger partial charge in [-0.15, -0.1) is 0 Å². The number of H-pyrrole nitrogens is 1. The molecule has 0 bridgehead atoms. The zero-order valence-electron chi connectivity index (χ0n) is 14.7. The Morgan fingerprint density at radius 2 is 2.08 bits per heavy atom. The number of furan rings is 1. The first kappa shape index (κ1) is 16.7. The van der Waals surface area contributed by atoms with Crippen molar-refractivity contribution < 1.29 is 4.42 Å². The van der Waals surface area contributed by atoms with Gasteiger partial charge in [0.15, 0.2) is 5.16 Å². The van der Waals surface area contributed by atoms with Gasteiger partial charge in [-0.2, -0.15) is 0 Å². The van der Waals surface area contributed by atoms with Crippen LogP contribution in [-0.4, -0.2) is 14.5 Å². The molecule has 0 fully saturated rings. The number of benzene rings is 1.